The molecule has 0 saturated carbocycles. The predicted octanol–water partition coefficient (Wildman–Crippen LogP) is 1.41. The quantitative estimate of drug-likeness (QED) is 0.860. The average Bonchev–Trinajstić information content (AvgIpc) is 2.29. The summed E-state index contributed by atoms with van der Waals surface area (Å²) in [6.07, 6.45) is 0.993. The second-order valence-electron chi connectivity index (χ2n) is 4.41. The predicted molar refractivity (Wildman–Crippen MR) is 66.4 cm³/mol. The Hall–Kier alpha value is -1.39. The third-order valence-corrected chi connectivity index (χ3v) is 2.80. The number of nitrogens with zero attached hydrogens (tertiary/aromatic N) is 2. The molecule has 1 aromatic rings. The summed E-state index contributed by atoms with van der Waals surface area (Å²) in [5.74, 6) is 0.100. The number of hydrazine groups is 1. The standard InChI is InChI=1S/C13H18N2O2/c1-11(16)10-14-9-5-8-13(17)15(14)12-6-3-2-4-7-12/h2-4,6-7,11,16H,5,8-10H2,1H3. The van der Waals surface area contributed by atoms with Crippen LogP contribution < -0.4 is 5.01 Å². The fourth-order valence-corrected chi connectivity index (χ4v) is 2.13. The number of hydrogen-bond acceptors (Lipinski definition) is 3. The number of para-hydroxylation sites is 1. The maximum absolute atomic E-state index is 12.0. The lowest BCUT2D eigenvalue weighted by Crippen LogP contribution is -2.53. The number of aliphatic hydroxyl groups excluding tert-OH is 1. The molecule has 0 bridgehead atoms. The van der Waals surface area contributed by atoms with Crippen molar-refractivity contribution in [2.45, 2.75) is 25.9 Å². The van der Waals surface area contributed by atoms with E-state index in [2.05, 4.69) is 0 Å². The first-order chi connectivity index (χ1) is 8.18. The number of hydrogen-bond donors (Lipinski definition) is 1. The molecular formula is C13H18N2O2. The molecule has 4 nitrogen and oxygen atoms in total. The van der Waals surface area contributed by atoms with E-state index in [4.69, 9.17) is 0 Å². The van der Waals surface area contributed by atoms with Gasteiger partial charge < -0.3 is 5.11 Å². The van der Waals surface area contributed by atoms with Gasteiger partial charge in [0.15, 0.2) is 0 Å². The molecule has 0 radical (unpaired) electrons. The first kappa shape index (κ1) is 12.1. The van der Waals surface area contributed by atoms with Gasteiger partial charge in [0.05, 0.1) is 11.8 Å². The van der Waals surface area contributed by atoms with Gasteiger partial charge in [0, 0.05) is 19.5 Å². The molecule has 0 aliphatic carbocycles. The minimum Gasteiger partial charge on any atom is -0.392 e. The molecule has 0 aromatic heterocycles. The van der Waals surface area contributed by atoms with Crippen LogP contribution >= 0.6 is 0 Å². The molecule has 0 spiro atoms. The SMILES string of the molecule is CC(O)CN1CCCC(=O)N1c1ccccc1. The van der Waals surface area contributed by atoms with Crippen molar-refractivity contribution in [2.75, 3.05) is 18.1 Å². The largest absolute Gasteiger partial charge is 0.392 e. The molecule has 1 atom stereocenters. The Kier molecular flexibility index (Phi) is 3.76. The molecule has 17 heavy (non-hydrogen) atoms. The zero-order valence-corrected chi connectivity index (χ0v) is 10.0. The number of amides is 1. The minimum atomic E-state index is -0.438. The number of benzene rings is 1. The Balaban J connectivity index is 2.22. The molecule has 1 heterocycles. The first-order valence-electron chi connectivity index (χ1n) is 5.99. The topological polar surface area (TPSA) is 43.8 Å². The lowest BCUT2D eigenvalue weighted by molar-refractivity contribution is -0.124. The minimum absolute atomic E-state index is 0.100. The molecule has 2 rings (SSSR count). The summed E-state index contributed by atoms with van der Waals surface area (Å²) in [5, 5.41) is 13.1. The van der Waals surface area contributed by atoms with Crippen molar-refractivity contribution in [1.29, 1.82) is 0 Å². The van der Waals surface area contributed by atoms with Gasteiger partial charge in [0.2, 0.25) is 5.91 Å². The van der Waals surface area contributed by atoms with Gasteiger partial charge in [-0.3, -0.25) is 4.79 Å². The van der Waals surface area contributed by atoms with Crippen molar-refractivity contribution in [1.82, 2.24) is 5.01 Å². The van der Waals surface area contributed by atoms with Crippen LogP contribution in [0.2, 0.25) is 0 Å². The highest BCUT2D eigenvalue weighted by molar-refractivity contribution is 5.93. The van der Waals surface area contributed by atoms with Crippen molar-refractivity contribution >= 4 is 11.6 Å². The van der Waals surface area contributed by atoms with Crippen LogP contribution in [0.15, 0.2) is 30.3 Å². The fraction of sp³-hybridized carbons (Fsp3) is 0.462. The van der Waals surface area contributed by atoms with E-state index >= 15 is 0 Å². The normalized spacial score (nSPS) is 19.4. The van der Waals surface area contributed by atoms with Crippen molar-refractivity contribution in [3.63, 3.8) is 0 Å². The number of carbonyl (C=O) groups is 1. The highest BCUT2D eigenvalue weighted by Crippen LogP contribution is 2.21. The van der Waals surface area contributed by atoms with E-state index in [-0.39, 0.29) is 5.91 Å². The van der Waals surface area contributed by atoms with Crippen LogP contribution in [0.5, 0.6) is 0 Å². The summed E-state index contributed by atoms with van der Waals surface area (Å²) in [7, 11) is 0. The van der Waals surface area contributed by atoms with E-state index < -0.39 is 6.10 Å². The van der Waals surface area contributed by atoms with Crippen LogP contribution in [0.25, 0.3) is 0 Å². The van der Waals surface area contributed by atoms with E-state index in [0.29, 0.717) is 13.0 Å². The molecule has 1 aromatic carbocycles. The lowest BCUT2D eigenvalue weighted by Gasteiger charge is -2.39. The molecule has 1 amide bonds. The summed E-state index contributed by atoms with van der Waals surface area (Å²) in [4.78, 5) is 12.0. The summed E-state index contributed by atoms with van der Waals surface area (Å²) < 4.78 is 0. The van der Waals surface area contributed by atoms with Gasteiger partial charge in [-0.2, -0.15) is 0 Å². The van der Waals surface area contributed by atoms with Crippen LogP contribution in [0.3, 0.4) is 0 Å². The molecule has 1 aliphatic heterocycles. The first-order valence-corrected chi connectivity index (χ1v) is 5.99. The van der Waals surface area contributed by atoms with Crippen molar-refractivity contribution in [2.24, 2.45) is 0 Å². The van der Waals surface area contributed by atoms with Crippen LogP contribution in [-0.4, -0.2) is 35.2 Å². The zero-order valence-electron chi connectivity index (χ0n) is 10.0. The highest BCUT2D eigenvalue weighted by atomic mass is 16.3. The van der Waals surface area contributed by atoms with Gasteiger partial charge in [-0.05, 0) is 25.5 Å². The molecule has 4 heteroatoms. The Morgan fingerprint density at radius 3 is 2.71 bits per heavy atom. The smallest absolute Gasteiger partial charge is 0.241 e. The zero-order chi connectivity index (χ0) is 12.3. The van der Waals surface area contributed by atoms with E-state index in [1.165, 1.54) is 0 Å². The molecule has 1 saturated heterocycles. The summed E-state index contributed by atoms with van der Waals surface area (Å²) in [6.45, 7) is 3.04. The number of carbonyl (C=O) groups excluding carboxylic acids is 1. The average molecular weight is 234 g/mol. The number of β-amino-alcohol motifs (C(OH)–C–C–N with tert-alkyl or cyclic N) is 1. The molecule has 1 fully saturated rings. The van der Waals surface area contributed by atoms with E-state index in [1.807, 2.05) is 35.3 Å². The van der Waals surface area contributed by atoms with Gasteiger partial charge in [-0.25, -0.2) is 10.0 Å². The summed E-state index contributed by atoms with van der Waals surface area (Å²) >= 11 is 0. The Morgan fingerprint density at radius 2 is 2.06 bits per heavy atom. The monoisotopic (exact) mass is 234 g/mol. The maximum atomic E-state index is 12.0. The maximum Gasteiger partial charge on any atom is 0.241 e. The third kappa shape index (κ3) is 2.84. The Morgan fingerprint density at radius 1 is 1.35 bits per heavy atom. The Labute approximate surface area is 101 Å². The van der Waals surface area contributed by atoms with Gasteiger partial charge in [0.25, 0.3) is 0 Å². The lowest BCUT2D eigenvalue weighted by atomic mass is 10.2. The fourth-order valence-electron chi connectivity index (χ4n) is 2.13. The second kappa shape index (κ2) is 5.29. The number of rotatable bonds is 3. The van der Waals surface area contributed by atoms with E-state index in [9.17, 15) is 9.90 Å². The Bertz CT molecular complexity index is 378. The van der Waals surface area contributed by atoms with Gasteiger partial charge in [0.1, 0.15) is 0 Å². The molecule has 1 N–H and O–H groups in total. The molecule has 92 valence electrons. The van der Waals surface area contributed by atoms with E-state index in [1.54, 1.807) is 11.9 Å². The highest BCUT2D eigenvalue weighted by Gasteiger charge is 2.27. The van der Waals surface area contributed by atoms with Crippen LogP contribution in [0.1, 0.15) is 19.8 Å². The van der Waals surface area contributed by atoms with Gasteiger partial charge >= 0.3 is 0 Å². The summed E-state index contributed by atoms with van der Waals surface area (Å²) in [5.41, 5.74) is 0.873. The van der Waals surface area contributed by atoms with Crippen molar-refractivity contribution < 1.29 is 9.90 Å². The van der Waals surface area contributed by atoms with Crippen LogP contribution in [-0.2, 0) is 4.79 Å². The van der Waals surface area contributed by atoms with Gasteiger partial charge in [-0.1, -0.05) is 18.2 Å². The van der Waals surface area contributed by atoms with Crippen molar-refractivity contribution in [3.05, 3.63) is 30.3 Å². The molecule has 1 unspecified atom stereocenters. The van der Waals surface area contributed by atoms with Crippen LogP contribution in [0.4, 0.5) is 5.69 Å². The molecular weight excluding hydrogens is 216 g/mol. The van der Waals surface area contributed by atoms with E-state index in [0.717, 1.165) is 18.7 Å². The number of anilines is 1. The number of aliphatic hydroxyl groups is 1. The van der Waals surface area contributed by atoms with Gasteiger partial charge in [-0.15, -0.1) is 0 Å². The van der Waals surface area contributed by atoms with Crippen molar-refractivity contribution in [3.8, 4) is 0 Å². The second-order valence-corrected chi connectivity index (χ2v) is 4.41. The van der Waals surface area contributed by atoms with Crippen LogP contribution in [0, 0.1) is 0 Å². The third-order valence-electron chi connectivity index (χ3n) is 2.80. The summed E-state index contributed by atoms with van der Waals surface area (Å²) in [6, 6.07) is 9.59. The molecule has 1 aliphatic rings.